The lowest BCUT2D eigenvalue weighted by Crippen LogP contribution is -2.38. The van der Waals surface area contributed by atoms with Gasteiger partial charge in [-0.25, -0.2) is 8.78 Å². The molecule has 1 aliphatic heterocycles. The highest BCUT2D eigenvalue weighted by molar-refractivity contribution is 5.87. The molecule has 2 atom stereocenters. The number of nitriles is 1. The Labute approximate surface area is 214 Å². The summed E-state index contributed by atoms with van der Waals surface area (Å²) < 4.78 is 29.2. The van der Waals surface area contributed by atoms with Gasteiger partial charge in [-0.3, -0.25) is 4.79 Å². The van der Waals surface area contributed by atoms with Crippen LogP contribution in [-0.4, -0.2) is 17.4 Å². The summed E-state index contributed by atoms with van der Waals surface area (Å²) in [6.07, 6.45) is 1.42. The zero-order valence-corrected chi connectivity index (χ0v) is 20.1. The fourth-order valence-electron chi connectivity index (χ4n) is 4.89. The number of halogens is 2. The van der Waals surface area contributed by atoms with Crippen LogP contribution in [0.25, 0.3) is 11.1 Å². The first-order chi connectivity index (χ1) is 18.0. The highest BCUT2D eigenvalue weighted by atomic mass is 19.1. The molecule has 1 aliphatic rings. The number of rotatable bonds is 6. The number of nitrogens with zero attached hydrogens (tertiary/aromatic N) is 2. The van der Waals surface area contributed by atoms with Crippen molar-refractivity contribution in [3.05, 3.63) is 125 Å². The first-order valence-corrected chi connectivity index (χ1v) is 12.2. The van der Waals surface area contributed by atoms with E-state index < -0.39 is 11.9 Å². The van der Waals surface area contributed by atoms with Crippen molar-refractivity contribution in [1.82, 2.24) is 4.90 Å². The van der Waals surface area contributed by atoms with Crippen LogP contribution in [0.2, 0.25) is 0 Å². The predicted octanol–water partition coefficient (Wildman–Crippen LogP) is 7.02. The van der Waals surface area contributed by atoms with Gasteiger partial charge < -0.3 is 10.2 Å². The van der Waals surface area contributed by atoms with E-state index in [2.05, 4.69) is 11.4 Å². The smallest absolute Gasteiger partial charge is 0.250 e. The van der Waals surface area contributed by atoms with Crippen molar-refractivity contribution < 1.29 is 13.6 Å². The number of nitrogens with one attached hydrogen (secondary N) is 1. The maximum absolute atomic E-state index is 14.6. The summed E-state index contributed by atoms with van der Waals surface area (Å²) in [5, 5.41) is 12.2. The van der Waals surface area contributed by atoms with Gasteiger partial charge in [0.05, 0.1) is 23.4 Å². The number of hydrogen-bond donors (Lipinski definition) is 1. The SMILES string of the molecule is N#Cc1ccc(-c2ccc(C(Nc3ccccc3F)C(=O)N3CCC[C@H]3c3ccccc3F)cc2)cc1. The number of amides is 1. The van der Waals surface area contributed by atoms with Gasteiger partial charge in [0.2, 0.25) is 5.91 Å². The van der Waals surface area contributed by atoms with Gasteiger partial charge in [0.15, 0.2) is 0 Å². The van der Waals surface area contributed by atoms with Crippen LogP contribution in [0, 0.1) is 23.0 Å². The minimum absolute atomic E-state index is 0.221. The largest absolute Gasteiger partial charge is 0.368 e. The molecule has 0 bridgehead atoms. The predicted molar refractivity (Wildman–Crippen MR) is 139 cm³/mol. The third-order valence-corrected chi connectivity index (χ3v) is 6.81. The lowest BCUT2D eigenvalue weighted by Gasteiger charge is -2.30. The van der Waals surface area contributed by atoms with Crippen molar-refractivity contribution in [2.75, 3.05) is 11.9 Å². The second kappa shape index (κ2) is 10.6. The minimum atomic E-state index is -0.862. The van der Waals surface area contributed by atoms with Crippen molar-refractivity contribution in [3.8, 4) is 17.2 Å². The summed E-state index contributed by atoms with van der Waals surface area (Å²) in [6.45, 7) is 0.497. The van der Waals surface area contributed by atoms with Crippen LogP contribution in [0.1, 0.15) is 41.6 Å². The van der Waals surface area contributed by atoms with E-state index in [0.717, 1.165) is 17.5 Å². The summed E-state index contributed by atoms with van der Waals surface area (Å²) in [4.78, 5) is 15.7. The second-order valence-electron chi connectivity index (χ2n) is 9.08. The molecule has 1 N–H and O–H groups in total. The Hall–Kier alpha value is -4.50. The van der Waals surface area contributed by atoms with Crippen molar-refractivity contribution in [1.29, 1.82) is 5.26 Å². The highest BCUT2D eigenvalue weighted by Gasteiger charge is 2.36. The number of likely N-dealkylation sites (tertiary alicyclic amines) is 1. The molecule has 1 saturated heterocycles. The number of carbonyl (C=O) groups is 1. The molecular formula is C31H25F2N3O. The third kappa shape index (κ3) is 5.07. The molecule has 4 aromatic rings. The van der Waals surface area contributed by atoms with Gasteiger partial charge in [-0.1, -0.05) is 66.7 Å². The van der Waals surface area contributed by atoms with Crippen LogP contribution in [0.5, 0.6) is 0 Å². The molecular weight excluding hydrogens is 468 g/mol. The normalized spacial score (nSPS) is 15.7. The van der Waals surface area contributed by atoms with Gasteiger partial charge in [-0.05, 0) is 59.9 Å². The Morgan fingerprint density at radius 2 is 1.49 bits per heavy atom. The summed E-state index contributed by atoms with van der Waals surface area (Å²) >= 11 is 0. The zero-order valence-electron chi connectivity index (χ0n) is 20.1. The van der Waals surface area contributed by atoms with E-state index in [9.17, 15) is 13.6 Å². The number of para-hydroxylation sites is 1. The molecule has 6 heteroatoms. The first-order valence-electron chi connectivity index (χ1n) is 12.2. The van der Waals surface area contributed by atoms with Crippen LogP contribution in [0.15, 0.2) is 97.1 Å². The fraction of sp³-hybridized carbons (Fsp3) is 0.161. The van der Waals surface area contributed by atoms with Crippen LogP contribution in [0.4, 0.5) is 14.5 Å². The molecule has 5 rings (SSSR count). The lowest BCUT2D eigenvalue weighted by atomic mass is 9.98. The van der Waals surface area contributed by atoms with Crippen molar-refractivity contribution >= 4 is 11.6 Å². The van der Waals surface area contributed by atoms with Gasteiger partial charge in [0, 0.05) is 12.1 Å². The summed E-state index contributed by atoms with van der Waals surface area (Å²) in [5.74, 6) is -1.03. The van der Waals surface area contributed by atoms with Gasteiger partial charge in [-0.15, -0.1) is 0 Å². The van der Waals surface area contributed by atoms with E-state index in [1.54, 1.807) is 53.4 Å². The van der Waals surface area contributed by atoms with Crippen LogP contribution < -0.4 is 5.32 Å². The Bertz CT molecular complexity index is 1440. The van der Waals surface area contributed by atoms with Gasteiger partial charge in [-0.2, -0.15) is 5.26 Å². The molecule has 1 fully saturated rings. The monoisotopic (exact) mass is 493 g/mol. The van der Waals surface area contributed by atoms with Gasteiger partial charge >= 0.3 is 0 Å². The zero-order chi connectivity index (χ0) is 25.8. The fourth-order valence-corrected chi connectivity index (χ4v) is 4.89. The molecule has 1 unspecified atom stereocenters. The standard InChI is InChI=1S/C31H25F2N3O/c32-26-7-2-1-6-25(26)29-10-5-19-36(29)31(37)30(35-28-9-4-3-8-27(28)33)24-17-15-23(16-18-24)22-13-11-21(20-34)12-14-22/h1-4,6-9,11-18,29-30,35H,5,10,19H2/t29-,30?/m0/s1. The minimum Gasteiger partial charge on any atom is -0.368 e. The second-order valence-corrected chi connectivity index (χ2v) is 9.08. The molecule has 0 aromatic heterocycles. The molecule has 4 aromatic carbocycles. The maximum atomic E-state index is 14.6. The molecule has 4 nitrogen and oxygen atoms in total. The highest BCUT2D eigenvalue weighted by Crippen LogP contribution is 2.36. The van der Waals surface area contributed by atoms with E-state index in [1.807, 2.05) is 36.4 Å². The number of carbonyl (C=O) groups excluding carboxylic acids is 1. The van der Waals surface area contributed by atoms with E-state index in [-0.39, 0.29) is 23.5 Å². The van der Waals surface area contributed by atoms with Gasteiger partial charge in [0.25, 0.3) is 0 Å². The summed E-state index contributed by atoms with van der Waals surface area (Å²) in [5.41, 5.74) is 3.83. The number of anilines is 1. The Balaban J connectivity index is 1.48. The molecule has 0 saturated carbocycles. The van der Waals surface area contributed by atoms with Crippen molar-refractivity contribution in [2.45, 2.75) is 24.9 Å². The lowest BCUT2D eigenvalue weighted by molar-refractivity contribution is -0.133. The third-order valence-electron chi connectivity index (χ3n) is 6.81. The molecule has 1 amide bonds. The Morgan fingerprint density at radius 1 is 0.865 bits per heavy atom. The van der Waals surface area contributed by atoms with E-state index >= 15 is 0 Å². The average molecular weight is 494 g/mol. The molecule has 0 radical (unpaired) electrons. The molecule has 0 spiro atoms. The van der Waals surface area contributed by atoms with Gasteiger partial charge in [0.1, 0.15) is 17.7 Å². The number of benzene rings is 4. The van der Waals surface area contributed by atoms with E-state index in [1.165, 1.54) is 12.1 Å². The van der Waals surface area contributed by atoms with Crippen molar-refractivity contribution in [2.24, 2.45) is 0 Å². The van der Waals surface area contributed by atoms with E-state index in [0.29, 0.717) is 29.7 Å². The van der Waals surface area contributed by atoms with E-state index in [4.69, 9.17) is 5.26 Å². The number of hydrogen-bond acceptors (Lipinski definition) is 3. The van der Waals surface area contributed by atoms with Crippen molar-refractivity contribution in [3.63, 3.8) is 0 Å². The molecule has 1 heterocycles. The van der Waals surface area contributed by atoms with Crippen LogP contribution in [0.3, 0.4) is 0 Å². The first kappa shape index (κ1) is 24.2. The Morgan fingerprint density at radius 3 is 2.14 bits per heavy atom. The molecule has 37 heavy (non-hydrogen) atoms. The Kier molecular flexibility index (Phi) is 6.96. The summed E-state index contributed by atoms with van der Waals surface area (Å²) in [6, 6.07) is 28.4. The maximum Gasteiger partial charge on any atom is 0.250 e. The van der Waals surface area contributed by atoms with Crippen LogP contribution >= 0.6 is 0 Å². The average Bonchev–Trinajstić information content (AvgIpc) is 3.42. The quantitative estimate of drug-likeness (QED) is 0.314. The topological polar surface area (TPSA) is 56.1 Å². The van der Waals surface area contributed by atoms with Crippen LogP contribution in [-0.2, 0) is 4.79 Å². The molecule has 0 aliphatic carbocycles. The molecule has 184 valence electrons. The summed E-state index contributed by atoms with van der Waals surface area (Å²) in [7, 11) is 0.